The van der Waals surface area contributed by atoms with Crippen LogP contribution in [0.15, 0.2) is 41.1 Å². The van der Waals surface area contributed by atoms with Gasteiger partial charge in [-0.25, -0.2) is 0 Å². The van der Waals surface area contributed by atoms with Crippen LogP contribution in [0.1, 0.15) is 18.7 Å². The maximum Gasteiger partial charge on any atom is 0.240 e. The molecular formula is C16H16N4O. The molecule has 0 amide bonds. The Hall–Kier alpha value is -2.27. The molecule has 1 N–H and O–H groups in total. The lowest BCUT2D eigenvalue weighted by molar-refractivity contribution is 0.367. The van der Waals surface area contributed by atoms with E-state index in [1.54, 1.807) is 6.20 Å². The van der Waals surface area contributed by atoms with Crippen molar-refractivity contribution in [1.29, 1.82) is 0 Å². The number of benzene rings is 1. The predicted molar refractivity (Wildman–Crippen MR) is 79.5 cm³/mol. The first-order valence-corrected chi connectivity index (χ1v) is 7.27. The summed E-state index contributed by atoms with van der Waals surface area (Å²) in [5.74, 6) is 2.00. The van der Waals surface area contributed by atoms with Gasteiger partial charge < -0.3 is 9.84 Å². The third-order valence-corrected chi connectivity index (χ3v) is 3.76. The summed E-state index contributed by atoms with van der Waals surface area (Å²) in [5, 5.41) is 9.58. The standard InChI is InChI=1S/C16H16N4O/c1-2-4-13-12(3-1)7-8-18-15(13)16-19-14(21-20-16)10-17-9-11-5-6-11/h1-4,7-8,11,17H,5-6,9-10H2. The molecule has 1 aliphatic carbocycles. The van der Waals surface area contributed by atoms with Crippen LogP contribution in [0.2, 0.25) is 0 Å². The van der Waals surface area contributed by atoms with Gasteiger partial charge in [0.2, 0.25) is 11.7 Å². The molecule has 0 aliphatic heterocycles. The van der Waals surface area contributed by atoms with Crippen molar-refractivity contribution in [2.75, 3.05) is 6.54 Å². The molecule has 0 atom stereocenters. The van der Waals surface area contributed by atoms with Crippen LogP contribution in [0, 0.1) is 5.92 Å². The van der Waals surface area contributed by atoms with Crippen LogP contribution in [0.4, 0.5) is 0 Å². The Balaban J connectivity index is 1.58. The molecule has 0 spiro atoms. The van der Waals surface area contributed by atoms with E-state index in [-0.39, 0.29) is 0 Å². The van der Waals surface area contributed by atoms with E-state index >= 15 is 0 Å². The fourth-order valence-corrected chi connectivity index (χ4v) is 2.43. The molecule has 2 heterocycles. The molecule has 1 saturated carbocycles. The van der Waals surface area contributed by atoms with Crippen LogP contribution in [0.3, 0.4) is 0 Å². The van der Waals surface area contributed by atoms with Crippen molar-refractivity contribution in [2.24, 2.45) is 5.92 Å². The van der Waals surface area contributed by atoms with Gasteiger partial charge >= 0.3 is 0 Å². The summed E-state index contributed by atoms with van der Waals surface area (Å²) in [6.07, 6.45) is 4.45. The zero-order valence-electron chi connectivity index (χ0n) is 11.6. The lowest BCUT2D eigenvalue weighted by Gasteiger charge is -2.00. The number of nitrogens with zero attached hydrogens (tertiary/aromatic N) is 3. The average Bonchev–Trinajstić information content (AvgIpc) is 3.23. The number of aromatic nitrogens is 3. The Morgan fingerprint density at radius 2 is 2.10 bits per heavy atom. The summed E-state index contributed by atoms with van der Waals surface area (Å²) in [7, 11) is 0. The SMILES string of the molecule is c1ccc2c(-c3noc(CNCC4CC4)n3)nccc2c1. The molecule has 1 fully saturated rings. The van der Waals surface area contributed by atoms with Gasteiger partial charge in [-0.1, -0.05) is 29.4 Å². The second-order valence-corrected chi connectivity index (χ2v) is 5.47. The Bertz CT molecular complexity index is 758. The Morgan fingerprint density at radius 1 is 1.19 bits per heavy atom. The number of pyridine rings is 1. The second kappa shape index (κ2) is 5.26. The Labute approximate surface area is 122 Å². The van der Waals surface area contributed by atoms with Crippen molar-refractivity contribution in [1.82, 2.24) is 20.4 Å². The molecule has 0 unspecified atom stereocenters. The van der Waals surface area contributed by atoms with Gasteiger partial charge in [0.1, 0.15) is 5.69 Å². The largest absolute Gasteiger partial charge is 0.337 e. The van der Waals surface area contributed by atoms with Crippen LogP contribution in [-0.4, -0.2) is 21.7 Å². The molecule has 1 aliphatic rings. The maximum atomic E-state index is 5.31. The number of nitrogens with one attached hydrogen (secondary N) is 1. The second-order valence-electron chi connectivity index (χ2n) is 5.47. The minimum Gasteiger partial charge on any atom is -0.337 e. The molecule has 0 saturated heterocycles. The van der Waals surface area contributed by atoms with E-state index in [1.807, 2.05) is 24.3 Å². The summed E-state index contributed by atoms with van der Waals surface area (Å²) in [6.45, 7) is 1.65. The highest BCUT2D eigenvalue weighted by molar-refractivity contribution is 5.92. The lowest BCUT2D eigenvalue weighted by Crippen LogP contribution is -2.16. The van der Waals surface area contributed by atoms with Crippen molar-refractivity contribution in [2.45, 2.75) is 19.4 Å². The molecule has 3 aromatic rings. The van der Waals surface area contributed by atoms with Crippen LogP contribution in [0.25, 0.3) is 22.3 Å². The van der Waals surface area contributed by atoms with E-state index in [4.69, 9.17) is 4.52 Å². The van der Waals surface area contributed by atoms with E-state index < -0.39 is 0 Å². The molecule has 2 aromatic heterocycles. The van der Waals surface area contributed by atoms with Crippen LogP contribution in [0.5, 0.6) is 0 Å². The smallest absolute Gasteiger partial charge is 0.240 e. The van der Waals surface area contributed by atoms with Gasteiger partial charge in [0.15, 0.2) is 0 Å². The molecule has 5 heteroatoms. The van der Waals surface area contributed by atoms with Crippen LogP contribution >= 0.6 is 0 Å². The fourth-order valence-electron chi connectivity index (χ4n) is 2.43. The zero-order chi connectivity index (χ0) is 14.1. The van der Waals surface area contributed by atoms with Gasteiger partial charge in [0, 0.05) is 11.6 Å². The number of rotatable bonds is 5. The first-order chi connectivity index (χ1) is 10.4. The van der Waals surface area contributed by atoms with E-state index in [1.165, 1.54) is 12.8 Å². The predicted octanol–water partition coefficient (Wildman–Crippen LogP) is 2.78. The highest BCUT2D eigenvalue weighted by Crippen LogP contribution is 2.27. The number of fused-ring (bicyclic) bond motifs is 1. The summed E-state index contributed by atoms with van der Waals surface area (Å²) < 4.78 is 5.31. The quantitative estimate of drug-likeness (QED) is 0.778. The topological polar surface area (TPSA) is 63.8 Å². The van der Waals surface area contributed by atoms with Crippen molar-refractivity contribution in [3.05, 3.63) is 42.4 Å². The number of hydrogen-bond donors (Lipinski definition) is 1. The molecule has 0 bridgehead atoms. The van der Waals surface area contributed by atoms with Gasteiger partial charge in [-0.05, 0) is 36.8 Å². The number of hydrogen-bond acceptors (Lipinski definition) is 5. The first kappa shape index (κ1) is 12.5. The van der Waals surface area contributed by atoms with E-state index in [0.29, 0.717) is 18.3 Å². The van der Waals surface area contributed by atoms with Gasteiger partial charge in [0.05, 0.1) is 6.54 Å². The van der Waals surface area contributed by atoms with Crippen LogP contribution in [-0.2, 0) is 6.54 Å². The normalized spacial score (nSPS) is 14.7. The van der Waals surface area contributed by atoms with E-state index in [2.05, 4.69) is 26.5 Å². The minimum absolute atomic E-state index is 0.551. The third kappa shape index (κ3) is 2.64. The fraction of sp³-hybridized carbons (Fsp3) is 0.312. The third-order valence-electron chi connectivity index (χ3n) is 3.76. The minimum atomic E-state index is 0.551. The highest BCUT2D eigenvalue weighted by atomic mass is 16.5. The van der Waals surface area contributed by atoms with Crippen molar-refractivity contribution >= 4 is 10.8 Å². The Kier molecular flexibility index (Phi) is 3.12. The van der Waals surface area contributed by atoms with Crippen LogP contribution < -0.4 is 5.32 Å². The Morgan fingerprint density at radius 3 is 3.00 bits per heavy atom. The molecule has 0 radical (unpaired) electrons. The maximum absolute atomic E-state index is 5.31. The van der Waals surface area contributed by atoms with Gasteiger partial charge in [0.25, 0.3) is 0 Å². The van der Waals surface area contributed by atoms with Gasteiger partial charge in [-0.15, -0.1) is 0 Å². The van der Waals surface area contributed by atoms with Crippen molar-refractivity contribution < 1.29 is 4.52 Å². The summed E-state index contributed by atoms with van der Waals surface area (Å²) in [6, 6.07) is 10.1. The van der Waals surface area contributed by atoms with E-state index in [0.717, 1.165) is 28.9 Å². The van der Waals surface area contributed by atoms with Crippen molar-refractivity contribution in [3.8, 4) is 11.5 Å². The molecule has 21 heavy (non-hydrogen) atoms. The average molecular weight is 280 g/mol. The zero-order valence-corrected chi connectivity index (χ0v) is 11.6. The monoisotopic (exact) mass is 280 g/mol. The highest BCUT2D eigenvalue weighted by Gasteiger charge is 2.20. The van der Waals surface area contributed by atoms with Gasteiger partial charge in [-0.2, -0.15) is 4.98 Å². The summed E-state index contributed by atoms with van der Waals surface area (Å²) >= 11 is 0. The molecule has 4 rings (SSSR count). The van der Waals surface area contributed by atoms with Gasteiger partial charge in [-0.3, -0.25) is 4.98 Å². The molecule has 1 aromatic carbocycles. The summed E-state index contributed by atoms with van der Waals surface area (Å²) in [4.78, 5) is 8.85. The summed E-state index contributed by atoms with van der Waals surface area (Å²) in [5.41, 5.74) is 0.769. The van der Waals surface area contributed by atoms with E-state index in [9.17, 15) is 0 Å². The molecule has 5 nitrogen and oxygen atoms in total. The lowest BCUT2D eigenvalue weighted by atomic mass is 10.1. The molecular weight excluding hydrogens is 264 g/mol. The molecule has 106 valence electrons. The first-order valence-electron chi connectivity index (χ1n) is 7.27. The van der Waals surface area contributed by atoms with Crippen molar-refractivity contribution in [3.63, 3.8) is 0 Å².